The van der Waals surface area contributed by atoms with E-state index in [0.717, 1.165) is 24.1 Å². The van der Waals surface area contributed by atoms with Crippen molar-refractivity contribution in [3.63, 3.8) is 0 Å². The van der Waals surface area contributed by atoms with Gasteiger partial charge >= 0.3 is 12.1 Å². The van der Waals surface area contributed by atoms with Crippen molar-refractivity contribution in [2.45, 2.75) is 121 Å². The molecule has 21 heteroatoms. The number of esters is 1. The highest BCUT2D eigenvalue weighted by Crippen LogP contribution is 2.38. The van der Waals surface area contributed by atoms with Crippen LogP contribution in [0.5, 0.6) is 5.75 Å². The van der Waals surface area contributed by atoms with Crippen molar-refractivity contribution in [3.8, 4) is 5.75 Å². The van der Waals surface area contributed by atoms with E-state index in [0.29, 0.717) is 60.7 Å². The molecule has 4 aromatic rings. The van der Waals surface area contributed by atoms with Gasteiger partial charge in [-0.2, -0.15) is 5.10 Å². The van der Waals surface area contributed by atoms with E-state index in [1.54, 1.807) is 59.9 Å². The Bertz CT molecular complexity index is 2550. The Morgan fingerprint density at radius 1 is 0.908 bits per heavy atom. The van der Waals surface area contributed by atoms with Crippen LogP contribution in [0.15, 0.2) is 35.7 Å². The predicted molar refractivity (Wildman–Crippen MR) is 240 cm³/mol. The predicted octanol–water partition coefficient (Wildman–Crippen LogP) is 4.64. The van der Waals surface area contributed by atoms with Gasteiger partial charge in [-0.1, -0.05) is 0 Å². The maximum absolute atomic E-state index is 14.0. The molecule has 0 spiro atoms. The zero-order valence-corrected chi connectivity index (χ0v) is 39.2. The van der Waals surface area contributed by atoms with Crippen molar-refractivity contribution in [2.75, 3.05) is 50.1 Å². The van der Waals surface area contributed by atoms with Crippen molar-refractivity contribution < 1.29 is 41.8 Å². The molecule has 1 aromatic carbocycles. The average Bonchev–Trinajstić information content (AvgIpc) is 3.82. The number of aromatic amines is 1. The summed E-state index contributed by atoms with van der Waals surface area (Å²) in [5.41, 5.74) is 1.55. The quantitative estimate of drug-likeness (QED) is 0.183. The number of carbonyl (C=O) groups is 4. The van der Waals surface area contributed by atoms with E-state index in [1.165, 1.54) is 29.4 Å². The van der Waals surface area contributed by atoms with E-state index >= 15 is 0 Å². The van der Waals surface area contributed by atoms with Gasteiger partial charge in [-0.15, -0.1) is 0 Å². The first-order chi connectivity index (χ1) is 30.6. The Hall–Kier alpha value is -6.12. The summed E-state index contributed by atoms with van der Waals surface area (Å²) >= 11 is 0. The van der Waals surface area contributed by atoms with Crippen LogP contribution in [0.2, 0.25) is 0 Å². The fourth-order valence-corrected chi connectivity index (χ4v) is 9.63. The van der Waals surface area contributed by atoms with Crippen LogP contribution in [0.1, 0.15) is 95.4 Å². The Morgan fingerprint density at radius 2 is 1.65 bits per heavy atom. The van der Waals surface area contributed by atoms with Crippen LogP contribution >= 0.6 is 0 Å². The summed E-state index contributed by atoms with van der Waals surface area (Å²) in [5, 5.41) is 13.6. The zero-order valence-electron chi connectivity index (χ0n) is 38.4. The summed E-state index contributed by atoms with van der Waals surface area (Å²) in [6.07, 6.45) is 6.35. The molecular weight excluding hydrogens is 859 g/mol. The molecule has 3 N–H and O–H groups in total. The van der Waals surface area contributed by atoms with E-state index < -0.39 is 56.1 Å². The fraction of sp³-hybridized carbons (Fsp3) is 0.568. The number of benzene rings is 1. The van der Waals surface area contributed by atoms with E-state index in [9.17, 15) is 27.6 Å². The molecule has 20 nitrogen and oxygen atoms in total. The maximum atomic E-state index is 14.0. The highest BCUT2D eigenvalue weighted by atomic mass is 32.2. The number of amides is 3. The van der Waals surface area contributed by atoms with Crippen LogP contribution in [-0.4, -0.2) is 141 Å². The van der Waals surface area contributed by atoms with Crippen molar-refractivity contribution in [1.29, 1.82) is 0 Å². The average molecular weight is 918 g/mol. The highest BCUT2D eigenvalue weighted by molar-refractivity contribution is 7.92. The molecule has 0 bridgehead atoms. The smallest absolute Gasteiger partial charge is 0.408 e. The number of rotatable bonds is 10. The van der Waals surface area contributed by atoms with Gasteiger partial charge in [0.05, 0.1) is 42.9 Å². The summed E-state index contributed by atoms with van der Waals surface area (Å²) in [7, 11) is -2.60. The van der Waals surface area contributed by atoms with Crippen molar-refractivity contribution in [2.24, 2.45) is 5.92 Å². The number of nitrogens with zero attached hydrogens (tertiary/aromatic N) is 8. The highest BCUT2D eigenvalue weighted by Gasteiger charge is 2.46. The SMILES string of the molecule is COC(=O)[C@@H]1CC[C@@H]2CCN(C(=O)c3cnc(N4CCC(COc5cc6ncnc(Nc7n[nH]c(C)c7C)c6cc5S(=O)(=O)C(C)(C)C)CC4)cn3)C[C@H](NC(=O)OC(C)(C)C)C(=O)N21. The number of anilines is 3. The number of piperidine rings is 1. The molecule has 3 aliphatic rings. The number of methoxy groups -OCH3 is 1. The summed E-state index contributed by atoms with van der Waals surface area (Å²) in [4.78, 5) is 76.6. The van der Waals surface area contributed by atoms with E-state index in [-0.39, 0.29) is 48.0 Å². The molecule has 3 aliphatic heterocycles. The lowest BCUT2D eigenvalue weighted by Gasteiger charge is -2.38. The number of ether oxygens (including phenoxy) is 3. The minimum Gasteiger partial charge on any atom is -0.492 e. The molecule has 350 valence electrons. The monoisotopic (exact) mass is 917 g/mol. The third-order valence-corrected chi connectivity index (χ3v) is 14.7. The molecule has 7 rings (SSSR count). The van der Waals surface area contributed by atoms with Crippen molar-refractivity contribution >= 4 is 62.1 Å². The summed E-state index contributed by atoms with van der Waals surface area (Å²) in [5.74, 6) is 0.421. The minimum absolute atomic E-state index is 0.0532. The second-order valence-electron chi connectivity index (χ2n) is 18.9. The number of hydrogen-bond donors (Lipinski definition) is 3. The molecule has 3 fully saturated rings. The molecule has 0 radical (unpaired) electrons. The second-order valence-corrected chi connectivity index (χ2v) is 21.5. The van der Waals surface area contributed by atoms with E-state index in [4.69, 9.17) is 14.2 Å². The summed E-state index contributed by atoms with van der Waals surface area (Å²) in [6, 6.07) is 0.912. The topological polar surface area (TPSA) is 244 Å². The van der Waals surface area contributed by atoms with Gasteiger partial charge in [0.15, 0.2) is 15.7 Å². The van der Waals surface area contributed by atoms with Gasteiger partial charge in [0, 0.05) is 48.4 Å². The Labute approximate surface area is 378 Å². The van der Waals surface area contributed by atoms with Crippen molar-refractivity contribution in [1.82, 2.24) is 45.2 Å². The molecule has 0 aliphatic carbocycles. The summed E-state index contributed by atoms with van der Waals surface area (Å²) < 4.78 is 43.7. The number of alkyl carbamates (subject to hydrolysis) is 1. The standard InChI is InChI=1S/C44H59N11O9S/c1-25-26(2)51-52-37(25)50-38-29-18-35(65(60,61)44(6,7)8)34(19-30(29)47-24-48-38)63-23-27-12-15-53(16-13-27)36-21-45-31(20-46-36)39(56)54-17-14-28-10-11-33(41(58)62-9)55(28)40(57)32(22-54)49-42(59)64-43(3,4)5/h18-21,24,27-28,32-33H,10-17,22-23H2,1-9H3,(H,49,59)(H2,47,48,50,51,52)/t28-,32+,33+/m1/s1. The van der Waals surface area contributed by atoms with Gasteiger partial charge in [-0.05, 0) is 99.5 Å². The normalized spacial score (nSPS) is 19.9. The van der Waals surface area contributed by atoms with Gasteiger partial charge in [0.2, 0.25) is 5.91 Å². The molecule has 6 heterocycles. The number of hydrogen-bond acceptors (Lipinski definition) is 16. The maximum Gasteiger partial charge on any atom is 0.408 e. The van der Waals surface area contributed by atoms with Gasteiger partial charge in [-0.25, -0.2) is 37.9 Å². The van der Waals surface area contributed by atoms with Crippen LogP contribution in [-0.2, 0) is 28.9 Å². The molecule has 65 heavy (non-hydrogen) atoms. The van der Waals surface area contributed by atoms with Crippen LogP contribution in [0.3, 0.4) is 0 Å². The van der Waals surface area contributed by atoms with Crippen LogP contribution < -0.4 is 20.3 Å². The number of nitrogens with one attached hydrogen (secondary N) is 3. The third-order valence-electron chi connectivity index (χ3n) is 12.2. The van der Waals surface area contributed by atoms with Gasteiger partial charge in [0.1, 0.15) is 52.0 Å². The van der Waals surface area contributed by atoms with Crippen LogP contribution in [0.4, 0.5) is 22.2 Å². The second kappa shape index (κ2) is 18.4. The Balaban J connectivity index is 1.01. The van der Waals surface area contributed by atoms with Crippen LogP contribution in [0.25, 0.3) is 10.9 Å². The molecule has 0 unspecified atom stereocenters. The first-order valence-electron chi connectivity index (χ1n) is 21.9. The first-order valence-corrected chi connectivity index (χ1v) is 23.3. The van der Waals surface area contributed by atoms with Gasteiger partial charge < -0.3 is 39.5 Å². The molecule has 3 amide bonds. The third kappa shape index (κ3) is 10.1. The van der Waals surface area contributed by atoms with E-state index in [1.807, 2.05) is 13.8 Å². The Kier molecular flexibility index (Phi) is 13.3. The molecular formula is C44H59N11O9S. The number of fused-ring (bicyclic) bond motifs is 2. The van der Waals surface area contributed by atoms with Gasteiger partial charge in [-0.3, -0.25) is 14.7 Å². The lowest BCUT2D eigenvalue weighted by molar-refractivity contribution is -0.153. The lowest BCUT2D eigenvalue weighted by atomic mass is 9.98. The molecule has 3 aromatic heterocycles. The summed E-state index contributed by atoms with van der Waals surface area (Å²) in [6.45, 7) is 15.5. The molecule has 3 saturated heterocycles. The van der Waals surface area contributed by atoms with Crippen LogP contribution in [0, 0.1) is 19.8 Å². The number of carbonyl (C=O) groups excluding carboxylic acids is 4. The Morgan fingerprint density at radius 3 is 2.28 bits per heavy atom. The largest absolute Gasteiger partial charge is 0.492 e. The number of aryl methyl sites for hydroxylation is 1. The molecule has 3 atom stereocenters. The first kappa shape index (κ1) is 46.9. The molecule has 0 saturated carbocycles. The number of aromatic nitrogens is 6. The van der Waals surface area contributed by atoms with Gasteiger partial charge in [0.25, 0.3) is 5.91 Å². The zero-order chi connectivity index (χ0) is 47.0. The van der Waals surface area contributed by atoms with Crippen molar-refractivity contribution in [3.05, 3.63) is 47.8 Å². The minimum atomic E-state index is -3.87. The number of sulfone groups is 1. The lowest BCUT2D eigenvalue weighted by Crippen LogP contribution is -2.60. The van der Waals surface area contributed by atoms with E-state index in [2.05, 4.69) is 45.7 Å². The fourth-order valence-electron chi connectivity index (χ4n) is 8.31. The number of H-pyrrole nitrogens is 1.